The molecule has 1 saturated heterocycles. The Morgan fingerprint density at radius 3 is 2.43 bits per heavy atom. The van der Waals surface area contributed by atoms with Gasteiger partial charge in [0.15, 0.2) is 5.60 Å². The van der Waals surface area contributed by atoms with Gasteiger partial charge in [0.1, 0.15) is 17.9 Å². The van der Waals surface area contributed by atoms with E-state index in [0.29, 0.717) is 25.5 Å². The lowest BCUT2D eigenvalue weighted by Crippen LogP contribution is -2.55. The van der Waals surface area contributed by atoms with Gasteiger partial charge < -0.3 is 24.3 Å². The molecule has 9 heteroatoms. The van der Waals surface area contributed by atoms with Crippen LogP contribution in [0.2, 0.25) is 0 Å². The fourth-order valence-corrected chi connectivity index (χ4v) is 6.15. The summed E-state index contributed by atoms with van der Waals surface area (Å²) in [6.07, 6.45) is 6.78. The lowest BCUT2D eigenvalue weighted by molar-refractivity contribution is -0.134. The molecule has 1 N–H and O–H groups in total. The summed E-state index contributed by atoms with van der Waals surface area (Å²) in [6.45, 7) is 19.1. The number of ether oxygens (including phenoxy) is 3. The molecule has 0 bridgehead atoms. The molecule has 262 valence electrons. The van der Waals surface area contributed by atoms with Gasteiger partial charge in [-0.1, -0.05) is 78.8 Å². The molecule has 3 unspecified atom stereocenters. The van der Waals surface area contributed by atoms with Crippen molar-refractivity contribution < 1.29 is 33.4 Å². The standard InChI is InChI=1S/C34H46N2O7.2C2H6/c1-8-29(41-7)34(6)31(36-32(40)43-34)24(4)30(39)22(2)19-33(5,16-15-28(38)23(3)21-37)42-17-11-12-25-18-26-13-9-10-14-27(26)35-20-25;2*1-2/h9-14,18,20-24,29,31H,8,15-17,19H2,1-7H3,(H,36,40);2*1-2H3/b12-11+;;/t22-,23?,24?,29-,31?,33+,34-;;/m1../s1. The lowest BCUT2D eigenvalue weighted by atomic mass is 9.76. The second kappa shape index (κ2) is 20.1. The first-order chi connectivity index (χ1) is 22.4. The second-order valence-corrected chi connectivity index (χ2v) is 12.1. The van der Waals surface area contributed by atoms with Crippen molar-refractivity contribution in [3.63, 3.8) is 0 Å². The van der Waals surface area contributed by atoms with Crippen LogP contribution in [0.5, 0.6) is 0 Å². The number of cyclic esters (lactones) is 1. The number of fused-ring (bicyclic) bond motifs is 1. The second-order valence-electron chi connectivity index (χ2n) is 12.1. The van der Waals surface area contributed by atoms with Crippen LogP contribution in [-0.2, 0) is 28.6 Å². The Hall–Kier alpha value is -3.43. The molecule has 1 aromatic heterocycles. The third-order valence-corrected chi connectivity index (χ3v) is 8.73. The Kier molecular flexibility index (Phi) is 17.7. The van der Waals surface area contributed by atoms with E-state index in [1.54, 1.807) is 34.1 Å². The largest absolute Gasteiger partial charge is 0.438 e. The number of alkyl carbamates (subject to hydrolysis) is 1. The number of Topliss-reactive ketones (excluding diaryl/α,β-unsaturated/α-hetero) is 2. The number of pyridine rings is 1. The maximum atomic E-state index is 13.8. The van der Waals surface area contributed by atoms with Crippen LogP contribution in [0.1, 0.15) is 100 Å². The molecule has 0 radical (unpaired) electrons. The average Bonchev–Trinajstić information content (AvgIpc) is 3.40. The fourth-order valence-electron chi connectivity index (χ4n) is 6.15. The normalized spacial score (nSPS) is 21.1. The third-order valence-electron chi connectivity index (χ3n) is 8.73. The number of rotatable bonds is 17. The molecule has 2 heterocycles. The monoisotopic (exact) mass is 654 g/mol. The minimum absolute atomic E-state index is 0.0480. The molecule has 47 heavy (non-hydrogen) atoms. The van der Waals surface area contributed by atoms with Gasteiger partial charge in [0.05, 0.1) is 35.8 Å². The van der Waals surface area contributed by atoms with E-state index < -0.39 is 41.1 Å². The van der Waals surface area contributed by atoms with Crippen molar-refractivity contribution in [1.82, 2.24) is 10.3 Å². The zero-order valence-corrected chi connectivity index (χ0v) is 30.4. The van der Waals surface area contributed by atoms with Crippen LogP contribution in [-0.4, -0.2) is 66.0 Å². The van der Waals surface area contributed by atoms with E-state index in [-0.39, 0.29) is 30.7 Å². The molecule has 0 saturated carbocycles. The van der Waals surface area contributed by atoms with E-state index in [1.807, 2.05) is 91.0 Å². The van der Waals surface area contributed by atoms with Crippen LogP contribution < -0.4 is 5.32 Å². The van der Waals surface area contributed by atoms with Crippen LogP contribution in [0.15, 0.2) is 42.6 Å². The molecule has 0 spiro atoms. The Morgan fingerprint density at radius 2 is 1.81 bits per heavy atom. The summed E-state index contributed by atoms with van der Waals surface area (Å²) in [7, 11) is 1.57. The molecular formula is C38H58N2O7. The maximum Gasteiger partial charge on any atom is 0.408 e. The Balaban J connectivity index is 0.00000265. The van der Waals surface area contributed by atoms with Crippen molar-refractivity contribution in [2.75, 3.05) is 13.7 Å². The summed E-state index contributed by atoms with van der Waals surface area (Å²) in [5, 5.41) is 3.87. The number of benzene rings is 1. The Morgan fingerprint density at radius 1 is 1.15 bits per heavy atom. The van der Waals surface area contributed by atoms with Gasteiger partial charge in [-0.3, -0.25) is 14.6 Å². The van der Waals surface area contributed by atoms with Crippen molar-refractivity contribution in [3.8, 4) is 0 Å². The summed E-state index contributed by atoms with van der Waals surface area (Å²) in [5.74, 6) is -1.91. The Bertz CT molecular complexity index is 1320. The number of ketones is 2. The zero-order chi connectivity index (χ0) is 35.8. The molecule has 1 amide bonds. The number of carbonyl (C=O) groups is 4. The number of hydrogen-bond acceptors (Lipinski definition) is 8. The van der Waals surface area contributed by atoms with Crippen molar-refractivity contribution in [1.29, 1.82) is 0 Å². The summed E-state index contributed by atoms with van der Waals surface area (Å²) >= 11 is 0. The SMILES string of the molecule is CC.CC.CC[C@@H](OC)[C@@]1(C)OC(=O)NC1C(C)C(=O)[C@H](C)C[C@](C)(CCC(=O)C(C)C=O)OC/C=C/c1cnc2ccccc2c1. The number of nitrogens with zero attached hydrogens (tertiary/aromatic N) is 1. The summed E-state index contributed by atoms with van der Waals surface area (Å²) in [4.78, 5) is 54.3. The summed E-state index contributed by atoms with van der Waals surface area (Å²) in [5.41, 5.74) is 0.0225. The van der Waals surface area contributed by atoms with E-state index in [0.717, 1.165) is 16.5 Å². The quantitative estimate of drug-likeness (QED) is 0.136. The van der Waals surface area contributed by atoms with Crippen LogP contribution >= 0.6 is 0 Å². The van der Waals surface area contributed by atoms with E-state index >= 15 is 0 Å². The van der Waals surface area contributed by atoms with E-state index in [2.05, 4.69) is 10.3 Å². The summed E-state index contributed by atoms with van der Waals surface area (Å²) < 4.78 is 17.6. The average molecular weight is 655 g/mol. The highest BCUT2D eigenvalue weighted by molar-refractivity contribution is 5.92. The minimum atomic E-state index is -1.00. The Labute approximate surface area is 282 Å². The number of hydrogen-bond donors (Lipinski definition) is 1. The van der Waals surface area contributed by atoms with Crippen LogP contribution in [0.4, 0.5) is 4.79 Å². The first-order valence-electron chi connectivity index (χ1n) is 17.1. The van der Waals surface area contributed by atoms with Gasteiger partial charge in [0.2, 0.25) is 0 Å². The molecule has 2 aromatic rings. The van der Waals surface area contributed by atoms with Gasteiger partial charge in [-0.25, -0.2) is 4.79 Å². The number of methoxy groups -OCH3 is 1. The molecule has 3 rings (SSSR count). The molecule has 0 aliphatic carbocycles. The highest BCUT2D eigenvalue weighted by atomic mass is 16.6. The van der Waals surface area contributed by atoms with E-state index in [1.165, 1.54) is 0 Å². The molecule has 9 nitrogen and oxygen atoms in total. The van der Waals surface area contributed by atoms with Crippen molar-refractivity contribution in [3.05, 3.63) is 48.2 Å². The highest BCUT2D eigenvalue weighted by Crippen LogP contribution is 2.36. The number of amides is 1. The van der Waals surface area contributed by atoms with E-state index in [4.69, 9.17) is 14.2 Å². The number of aromatic nitrogens is 1. The van der Waals surface area contributed by atoms with Crippen molar-refractivity contribution in [2.24, 2.45) is 17.8 Å². The number of aldehydes is 1. The molecule has 1 aliphatic heterocycles. The van der Waals surface area contributed by atoms with Gasteiger partial charge in [0, 0.05) is 36.9 Å². The van der Waals surface area contributed by atoms with Gasteiger partial charge >= 0.3 is 6.09 Å². The minimum Gasteiger partial charge on any atom is -0.438 e. The molecule has 1 fully saturated rings. The lowest BCUT2D eigenvalue weighted by Gasteiger charge is -2.38. The molecule has 1 aromatic carbocycles. The maximum absolute atomic E-state index is 13.8. The highest BCUT2D eigenvalue weighted by Gasteiger charge is 2.54. The van der Waals surface area contributed by atoms with Crippen LogP contribution in [0.25, 0.3) is 17.0 Å². The smallest absolute Gasteiger partial charge is 0.408 e. The molecule has 7 atom stereocenters. The van der Waals surface area contributed by atoms with Crippen LogP contribution in [0, 0.1) is 17.8 Å². The molecular weight excluding hydrogens is 596 g/mol. The number of nitrogens with one attached hydrogen (secondary N) is 1. The van der Waals surface area contributed by atoms with Crippen LogP contribution in [0.3, 0.4) is 0 Å². The van der Waals surface area contributed by atoms with Gasteiger partial charge in [0.25, 0.3) is 0 Å². The van der Waals surface area contributed by atoms with E-state index in [9.17, 15) is 19.2 Å². The predicted molar refractivity (Wildman–Crippen MR) is 188 cm³/mol. The predicted octanol–water partition coefficient (Wildman–Crippen LogP) is 7.78. The zero-order valence-electron chi connectivity index (χ0n) is 30.4. The molecule has 1 aliphatic rings. The van der Waals surface area contributed by atoms with Crippen molar-refractivity contribution in [2.45, 2.75) is 118 Å². The van der Waals surface area contributed by atoms with Gasteiger partial charge in [-0.15, -0.1) is 0 Å². The number of para-hydroxylation sites is 1. The number of carbonyl (C=O) groups excluding carboxylic acids is 4. The summed E-state index contributed by atoms with van der Waals surface area (Å²) in [6, 6.07) is 9.36. The first-order valence-corrected chi connectivity index (χ1v) is 17.1. The fraction of sp³-hybridized carbons (Fsp3) is 0.605. The van der Waals surface area contributed by atoms with Gasteiger partial charge in [-0.05, 0) is 57.7 Å². The van der Waals surface area contributed by atoms with Crippen molar-refractivity contribution >= 4 is 40.9 Å². The first kappa shape index (κ1) is 41.6. The topological polar surface area (TPSA) is 121 Å². The third kappa shape index (κ3) is 11.4. The van der Waals surface area contributed by atoms with Gasteiger partial charge in [-0.2, -0.15) is 0 Å².